The summed E-state index contributed by atoms with van der Waals surface area (Å²) in [4.78, 5) is 12.4. The molecule has 0 aliphatic heterocycles. The zero-order valence-corrected chi connectivity index (χ0v) is 15.1. The van der Waals surface area contributed by atoms with Crippen LogP contribution in [0.15, 0.2) is 42.5 Å². The maximum absolute atomic E-state index is 13.7. The molecule has 0 unspecified atom stereocenters. The molecular formula is C19H19FN4O3. The van der Waals surface area contributed by atoms with Crippen LogP contribution >= 0.6 is 0 Å². The van der Waals surface area contributed by atoms with Crippen molar-refractivity contribution in [3.63, 3.8) is 0 Å². The van der Waals surface area contributed by atoms with Crippen LogP contribution in [0.3, 0.4) is 0 Å². The molecule has 0 atom stereocenters. The van der Waals surface area contributed by atoms with Crippen LogP contribution in [0.5, 0.6) is 11.5 Å². The Hall–Kier alpha value is -3.55. The number of aromatic nitrogens is 2. The van der Waals surface area contributed by atoms with Crippen LogP contribution in [-0.2, 0) is 0 Å². The third kappa shape index (κ3) is 3.84. The van der Waals surface area contributed by atoms with E-state index in [1.165, 1.54) is 12.1 Å². The predicted octanol–water partition coefficient (Wildman–Crippen LogP) is 4.19. The summed E-state index contributed by atoms with van der Waals surface area (Å²) in [6.45, 7) is 1.77. The molecule has 0 bridgehead atoms. The minimum atomic E-state index is -0.590. The third-order valence-electron chi connectivity index (χ3n) is 3.97. The Labute approximate surface area is 155 Å². The average Bonchev–Trinajstić information content (AvgIpc) is 3.03. The largest absolute Gasteiger partial charge is 0.497 e. The molecule has 140 valence electrons. The van der Waals surface area contributed by atoms with Crippen molar-refractivity contribution in [3.05, 3.63) is 54.0 Å². The summed E-state index contributed by atoms with van der Waals surface area (Å²) in [5.41, 5.74) is 2.29. The molecule has 0 aliphatic rings. The van der Waals surface area contributed by atoms with Gasteiger partial charge in [0.1, 0.15) is 23.0 Å². The van der Waals surface area contributed by atoms with Crippen LogP contribution in [-0.4, -0.2) is 30.4 Å². The van der Waals surface area contributed by atoms with Gasteiger partial charge < -0.3 is 20.1 Å². The van der Waals surface area contributed by atoms with Crippen molar-refractivity contribution in [2.24, 2.45) is 0 Å². The molecule has 3 aromatic rings. The Kier molecular flexibility index (Phi) is 5.25. The van der Waals surface area contributed by atoms with Crippen molar-refractivity contribution in [2.45, 2.75) is 6.92 Å². The Morgan fingerprint density at radius 3 is 2.59 bits per heavy atom. The van der Waals surface area contributed by atoms with Gasteiger partial charge in [-0.05, 0) is 37.3 Å². The number of carbonyl (C=O) groups excluding carboxylic acids is 1. The molecule has 7 nitrogen and oxygen atoms in total. The third-order valence-corrected chi connectivity index (χ3v) is 3.97. The average molecular weight is 370 g/mol. The number of nitrogens with zero attached hydrogens (tertiary/aromatic N) is 1. The van der Waals surface area contributed by atoms with E-state index in [1.807, 2.05) is 0 Å². The van der Waals surface area contributed by atoms with Gasteiger partial charge >= 0.3 is 6.03 Å². The van der Waals surface area contributed by atoms with Gasteiger partial charge in [-0.25, -0.2) is 9.18 Å². The van der Waals surface area contributed by atoms with Crippen molar-refractivity contribution in [2.75, 3.05) is 24.9 Å². The lowest BCUT2D eigenvalue weighted by Crippen LogP contribution is -2.20. The number of hydrogen-bond acceptors (Lipinski definition) is 4. The van der Waals surface area contributed by atoms with Gasteiger partial charge in [0.15, 0.2) is 0 Å². The normalized spacial score (nSPS) is 10.4. The Bertz CT molecular complexity index is 971. The van der Waals surface area contributed by atoms with Crippen LogP contribution < -0.4 is 20.1 Å². The number of benzene rings is 2. The Morgan fingerprint density at radius 1 is 1.11 bits per heavy atom. The van der Waals surface area contributed by atoms with E-state index in [-0.39, 0.29) is 5.69 Å². The van der Waals surface area contributed by atoms with Crippen LogP contribution in [0.1, 0.15) is 5.69 Å². The van der Waals surface area contributed by atoms with Gasteiger partial charge in [-0.15, -0.1) is 0 Å². The van der Waals surface area contributed by atoms with Gasteiger partial charge in [-0.2, -0.15) is 5.10 Å². The fraction of sp³-hybridized carbons (Fsp3) is 0.158. The number of halogens is 1. The lowest BCUT2D eigenvalue weighted by Gasteiger charge is -2.12. The first-order valence-electron chi connectivity index (χ1n) is 8.13. The summed E-state index contributed by atoms with van der Waals surface area (Å²) in [6, 6.07) is 10.6. The molecule has 27 heavy (non-hydrogen) atoms. The number of para-hydroxylation sites is 1. The van der Waals surface area contributed by atoms with Gasteiger partial charge in [0.25, 0.3) is 0 Å². The lowest BCUT2D eigenvalue weighted by molar-refractivity contribution is 0.262. The summed E-state index contributed by atoms with van der Waals surface area (Å²) >= 11 is 0. The first kappa shape index (κ1) is 18.2. The quantitative estimate of drug-likeness (QED) is 0.628. The first-order chi connectivity index (χ1) is 13.0. The van der Waals surface area contributed by atoms with Crippen molar-refractivity contribution < 1.29 is 18.7 Å². The highest BCUT2D eigenvalue weighted by Gasteiger charge is 2.19. The van der Waals surface area contributed by atoms with E-state index in [2.05, 4.69) is 20.8 Å². The number of aromatic amines is 1. The van der Waals surface area contributed by atoms with Gasteiger partial charge in [0, 0.05) is 5.56 Å². The van der Waals surface area contributed by atoms with Crippen LogP contribution in [0.4, 0.5) is 20.6 Å². The topological polar surface area (TPSA) is 88.3 Å². The van der Waals surface area contributed by atoms with Crippen LogP contribution in [0.25, 0.3) is 11.3 Å². The molecule has 3 N–H and O–H groups in total. The first-order valence-corrected chi connectivity index (χ1v) is 8.13. The molecule has 2 amide bonds. The molecule has 0 aliphatic carbocycles. The fourth-order valence-electron chi connectivity index (χ4n) is 2.61. The maximum atomic E-state index is 13.7. The molecule has 0 saturated carbocycles. The van der Waals surface area contributed by atoms with Gasteiger partial charge in [0.05, 0.1) is 31.3 Å². The number of urea groups is 1. The van der Waals surface area contributed by atoms with E-state index in [0.717, 1.165) is 0 Å². The second kappa shape index (κ2) is 7.77. The number of anilines is 2. The highest BCUT2D eigenvalue weighted by atomic mass is 19.1. The number of hydrogen-bond donors (Lipinski definition) is 3. The van der Waals surface area contributed by atoms with E-state index >= 15 is 0 Å². The Balaban J connectivity index is 1.92. The second-order valence-corrected chi connectivity index (χ2v) is 5.70. The Morgan fingerprint density at radius 2 is 1.89 bits per heavy atom. The van der Waals surface area contributed by atoms with Crippen molar-refractivity contribution in [1.82, 2.24) is 10.2 Å². The molecule has 0 saturated heterocycles. The fourth-order valence-corrected chi connectivity index (χ4v) is 2.61. The zero-order valence-electron chi connectivity index (χ0n) is 15.1. The minimum absolute atomic E-state index is 0.0802. The number of aryl methyl sites for hydroxylation is 1. The molecule has 8 heteroatoms. The molecule has 2 aromatic carbocycles. The summed E-state index contributed by atoms with van der Waals surface area (Å²) in [6.07, 6.45) is 0. The van der Waals surface area contributed by atoms with E-state index in [1.54, 1.807) is 51.5 Å². The molecular weight excluding hydrogens is 351 g/mol. The number of ether oxygens (including phenoxy) is 2. The van der Waals surface area contributed by atoms with Gasteiger partial charge in [-0.1, -0.05) is 12.1 Å². The number of carbonyl (C=O) groups is 1. The minimum Gasteiger partial charge on any atom is -0.497 e. The number of H-pyrrole nitrogens is 1. The summed E-state index contributed by atoms with van der Waals surface area (Å²) in [5.74, 6) is 0.666. The highest BCUT2D eigenvalue weighted by Crippen LogP contribution is 2.37. The van der Waals surface area contributed by atoms with Crippen molar-refractivity contribution >= 4 is 17.4 Å². The number of rotatable bonds is 5. The van der Waals surface area contributed by atoms with E-state index < -0.39 is 11.8 Å². The van der Waals surface area contributed by atoms with E-state index in [0.29, 0.717) is 34.1 Å². The van der Waals surface area contributed by atoms with E-state index in [4.69, 9.17) is 9.47 Å². The van der Waals surface area contributed by atoms with Crippen molar-refractivity contribution in [1.29, 1.82) is 0 Å². The smallest absolute Gasteiger partial charge is 0.323 e. The van der Waals surface area contributed by atoms with Gasteiger partial charge in [0.2, 0.25) is 0 Å². The second-order valence-electron chi connectivity index (χ2n) is 5.70. The highest BCUT2D eigenvalue weighted by molar-refractivity contribution is 6.02. The molecule has 0 spiro atoms. The molecule has 3 rings (SSSR count). The van der Waals surface area contributed by atoms with Gasteiger partial charge in [-0.3, -0.25) is 5.10 Å². The van der Waals surface area contributed by atoms with Crippen LogP contribution in [0.2, 0.25) is 0 Å². The molecule has 1 aromatic heterocycles. The lowest BCUT2D eigenvalue weighted by atomic mass is 10.1. The van der Waals surface area contributed by atoms with Crippen LogP contribution in [0, 0.1) is 12.7 Å². The molecule has 0 radical (unpaired) electrons. The summed E-state index contributed by atoms with van der Waals surface area (Å²) < 4.78 is 24.4. The van der Waals surface area contributed by atoms with E-state index in [9.17, 15) is 9.18 Å². The maximum Gasteiger partial charge on any atom is 0.323 e. The SMILES string of the molecule is COc1ccc(OC)c(-c2n[nH]c(C)c2NC(=O)Nc2ccccc2F)c1. The van der Waals surface area contributed by atoms with Crippen molar-refractivity contribution in [3.8, 4) is 22.8 Å². The number of nitrogens with one attached hydrogen (secondary N) is 3. The standard InChI is InChI=1S/C19H19FN4O3/c1-11-17(22-19(25)21-15-7-5-4-6-14(15)20)18(24-23-11)13-10-12(26-2)8-9-16(13)27-3/h4-10H,1-3H3,(H,23,24)(H2,21,22,25). The summed E-state index contributed by atoms with van der Waals surface area (Å²) in [5, 5.41) is 12.3. The molecule has 0 fully saturated rings. The monoisotopic (exact) mass is 370 g/mol. The number of methoxy groups -OCH3 is 2. The zero-order chi connectivity index (χ0) is 19.4. The molecule has 1 heterocycles. The predicted molar refractivity (Wildman–Crippen MR) is 101 cm³/mol. The number of amides is 2. The summed E-state index contributed by atoms with van der Waals surface area (Å²) in [7, 11) is 3.10.